The fourth-order valence-corrected chi connectivity index (χ4v) is 1.65. The molecule has 0 amide bonds. The number of nitrogens with zero attached hydrogens (tertiary/aromatic N) is 2. The van der Waals surface area contributed by atoms with Crippen molar-refractivity contribution in [1.82, 2.24) is 4.98 Å². The molecule has 1 heterocycles. The van der Waals surface area contributed by atoms with E-state index in [1.165, 1.54) is 18.2 Å². The number of anilines is 1. The van der Waals surface area contributed by atoms with Crippen LogP contribution in [0.4, 0.5) is 11.5 Å². The highest BCUT2D eigenvalue weighted by Gasteiger charge is 2.15. The molecule has 7 heteroatoms. The quantitative estimate of drug-likeness (QED) is 0.686. The van der Waals surface area contributed by atoms with E-state index in [-0.39, 0.29) is 23.1 Å². The summed E-state index contributed by atoms with van der Waals surface area (Å²) >= 11 is 5.71. The molecule has 0 spiro atoms. The first-order valence-corrected chi connectivity index (χ1v) is 5.72. The second kappa shape index (κ2) is 5.53. The van der Waals surface area contributed by atoms with Crippen LogP contribution in [-0.4, -0.2) is 9.91 Å². The summed E-state index contributed by atoms with van der Waals surface area (Å²) in [5.41, 5.74) is 5.94. The van der Waals surface area contributed by atoms with Crippen molar-refractivity contribution in [3.8, 4) is 5.75 Å². The first-order valence-electron chi connectivity index (χ1n) is 5.34. The summed E-state index contributed by atoms with van der Waals surface area (Å²) in [6, 6.07) is 9.32. The number of pyridine rings is 1. The molecule has 0 radical (unpaired) electrons. The summed E-state index contributed by atoms with van der Waals surface area (Å²) in [5.74, 6) is 0.505. The minimum atomic E-state index is -0.548. The smallest absolute Gasteiger partial charge is 0.312 e. The number of rotatable bonds is 4. The third-order valence-corrected chi connectivity index (χ3v) is 2.56. The monoisotopic (exact) mass is 279 g/mol. The molecule has 0 unspecified atom stereocenters. The van der Waals surface area contributed by atoms with Crippen molar-refractivity contribution in [2.45, 2.75) is 6.61 Å². The summed E-state index contributed by atoms with van der Waals surface area (Å²) in [7, 11) is 0. The van der Waals surface area contributed by atoms with Crippen LogP contribution in [0.1, 0.15) is 5.69 Å². The van der Waals surface area contributed by atoms with E-state index in [4.69, 9.17) is 22.1 Å². The normalized spacial score (nSPS) is 10.2. The summed E-state index contributed by atoms with van der Waals surface area (Å²) in [5, 5.41) is 11.1. The third kappa shape index (κ3) is 3.32. The molecule has 0 bridgehead atoms. The SMILES string of the molecule is Nc1cccc(COc2ccc(Cl)cc2[N+](=O)[O-])n1. The number of halogens is 1. The third-order valence-electron chi connectivity index (χ3n) is 2.32. The molecule has 2 rings (SSSR count). The summed E-state index contributed by atoms with van der Waals surface area (Å²) in [6.45, 7) is 0.0908. The van der Waals surface area contributed by atoms with E-state index in [9.17, 15) is 10.1 Å². The number of nitrogens with two attached hydrogens (primary N) is 1. The van der Waals surface area contributed by atoms with Gasteiger partial charge in [0.25, 0.3) is 0 Å². The van der Waals surface area contributed by atoms with Crippen LogP contribution in [0.25, 0.3) is 0 Å². The zero-order valence-corrected chi connectivity index (χ0v) is 10.5. The Hall–Kier alpha value is -2.34. The minimum absolute atomic E-state index is 0.0908. The van der Waals surface area contributed by atoms with Crippen LogP contribution in [0.2, 0.25) is 5.02 Å². The van der Waals surface area contributed by atoms with Gasteiger partial charge in [-0.2, -0.15) is 0 Å². The Morgan fingerprint density at radius 1 is 1.37 bits per heavy atom. The highest BCUT2D eigenvalue weighted by Crippen LogP contribution is 2.30. The number of hydrogen-bond donors (Lipinski definition) is 1. The lowest BCUT2D eigenvalue weighted by atomic mass is 10.3. The average Bonchev–Trinajstić information content (AvgIpc) is 2.37. The molecule has 1 aromatic carbocycles. The van der Waals surface area contributed by atoms with Crippen LogP contribution >= 0.6 is 11.6 Å². The molecule has 0 atom stereocenters. The first kappa shape index (κ1) is 13.1. The molecule has 19 heavy (non-hydrogen) atoms. The van der Waals surface area contributed by atoms with Crippen molar-refractivity contribution in [3.05, 3.63) is 57.2 Å². The van der Waals surface area contributed by atoms with E-state index >= 15 is 0 Å². The van der Waals surface area contributed by atoms with Gasteiger partial charge >= 0.3 is 5.69 Å². The van der Waals surface area contributed by atoms with E-state index in [1.54, 1.807) is 18.2 Å². The van der Waals surface area contributed by atoms with Crippen molar-refractivity contribution in [3.63, 3.8) is 0 Å². The van der Waals surface area contributed by atoms with Gasteiger partial charge in [0.1, 0.15) is 12.4 Å². The predicted octanol–water partition coefficient (Wildman–Crippen LogP) is 2.80. The number of benzene rings is 1. The molecule has 0 aliphatic carbocycles. The van der Waals surface area contributed by atoms with Gasteiger partial charge in [-0.15, -0.1) is 0 Å². The lowest BCUT2D eigenvalue weighted by molar-refractivity contribution is -0.385. The summed E-state index contributed by atoms with van der Waals surface area (Å²) in [6.07, 6.45) is 0. The number of hydrogen-bond acceptors (Lipinski definition) is 5. The average molecular weight is 280 g/mol. The molecule has 1 aromatic heterocycles. The second-order valence-electron chi connectivity index (χ2n) is 3.71. The van der Waals surface area contributed by atoms with E-state index in [1.807, 2.05) is 0 Å². The Morgan fingerprint density at radius 3 is 2.84 bits per heavy atom. The molecule has 0 aliphatic heterocycles. The molecule has 0 saturated heterocycles. The van der Waals surface area contributed by atoms with Crippen LogP contribution in [-0.2, 0) is 6.61 Å². The van der Waals surface area contributed by atoms with Gasteiger partial charge in [-0.05, 0) is 24.3 Å². The van der Waals surface area contributed by atoms with E-state index in [0.717, 1.165) is 0 Å². The van der Waals surface area contributed by atoms with E-state index in [2.05, 4.69) is 4.98 Å². The number of nitrogen functional groups attached to an aromatic ring is 1. The molecule has 2 N–H and O–H groups in total. The maximum Gasteiger partial charge on any atom is 0.312 e. The number of ether oxygens (including phenoxy) is 1. The molecule has 98 valence electrons. The topological polar surface area (TPSA) is 91.3 Å². The second-order valence-corrected chi connectivity index (χ2v) is 4.15. The Morgan fingerprint density at radius 2 is 2.16 bits per heavy atom. The van der Waals surface area contributed by atoms with Gasteiger partial charge < -0.3 is 10.5 Å². The molecular weight excluding hydrogens is 270 g/mol. The maximum absolute atomic E-state index is 10.9. The van der Waals surface area contributed by atoms with Crippen molar-refractivity contribution in [2.24, 2.45) is 0 Å². The Kier molecular flexibility index (Phi) is 3.82. The lowest BCUT2D eigenvalue weighted by Gasteiger charge is -2.07. The van der Waals surface area contributed by atoms with Gasteiger partial charge in [-0.25, -0.2) is 4.98 Å². The van der Waals surface area contributed by atoms with Crippen molar-refractivity contribution in [2.75, 3.05) is 5.73 Å². The Labute approximate surface area is 113 Å². The maximum atomic E-state index is 10.9. The molecule has 0 fully saturated rings. The molecule has 6 nitrogen and oxygen atoms in total. The molecular formula is C12H10ClN3O3. The number of nitro benzene ring substituents is 1. The fraction of sp³-hybridized carbons (Fsp3) is 0.0833. The van der Waals surface area contributed by atoms with Crippen molar-refractivity contribution < 1.29 is 9.66 Å². The Bertz CT molecular complexity index is 619. The standard InChI is InChI=1S/C12H10ClN3O3/c13-8-4-5-11(10(6-8)16(17)18)19-7-9-2-1-3-12(14)15-9/h1-6H,7H2,(H2,14,15). The highest BCUT2D eigenvalue weighted by atomic mass is 35.5. The van der Waals surface area contributed by atoms with Gasteiger partial charge in [0.2, 0.25) is 0 Å². The number of nitro groups is 1. The van der Waals surface area contributed by atoms with Gasteiger partial charge in [0.15, 0.2) is 5.75 Å². The molecule has 2 aromatic rings. The van der Waals surface area contributed by atoms with Crippen LogP contribution in [0.15, 0.2) is 36.4 Å². The lowest BCUT2D eigenvalue weighted by Crippen LogP contribution is -2.02. The predicted molar refractivity (Wildman–Crippen MR) is 71.1 cm³/mol. The van der Waals surface area contributed by atoms with Gasteiger partial charge in [-0.3, -0.25) is 10.1 Å². The summed E-state index contributed by atoms with van der Waals surface area (Å²) < 4.78 is 5.38. The fourth-order valence-electron chi connectivity index (χ4n) is 1.49. The first-order chi connectivity index (χ1) is 9.06. The van der Waals surface area contributed by atoms with Crippen LogP contribution in [0.3, 0.4) is 0 Å². The minimum Gasteiger partial charge on any atom is -0.480 e. The zero-order chi connectivity index (χ0) is 13.8. The summed E-state index contributed by atoms with van der Waals surface area (Å²) in [4.78, 5) is 14.4. The van der Waals surface area contributed by atoms with E-state index in [0.29, 0.717) is 11.5 Å². The van der Waals surface area contributed by atoms with E-state index < -0.39 is 4.92 Å². The zero-order valence-electron chi connectivity index (χ0n) is 9.75. The number of aromatic nitrogens is 1. The van der Waals surface area contributed by atoms with Crippen LogP contribution in [0, 0.1) is 10.1 Å². The van der Waals surface area contributed by atoms with Crippen LogP contribution in [0.5, 0.6) is 5.75 Å². The van der Waals surface area contributed by atoms with Gasteiger partial charge in [0, 0.05) is 11.1 Å². The van der Waals surface area contributed by atoms with Crippen LogP contribution < -0.4 is 10.5 Å². The van der Waals surface area contributed by atoms with Crippen molar-refractivity contribution in [1.29, 1.82) is 0 Å². The molecule has 0 aliphatic rings. The Balaban J connectivity index is 2.17. The van der Waals surface area contributed by atoms with Crippen molar-refractivity contribution >= 4 is 23.1 Å². The van der Waals surface area contributed by atoms with Gasteiger partial charge in [0.05, 0.1) is 10.6 Å². The highest BCUT2D eigenvalue weighted by molar-refractivity contribution is 6.30. The largest absolute Gasteiger partial charge is 0.480 e. The van der Waals surface area contributed by atoms with Gasteiger partial charge in [-0.1, -0.05) is 17.7 Å². The molecule has 0 saturated carbocycles.